The van der Waals surface area contributed by atoms with Gasteiger partial charge in [0, 0.05) is 17.8 Å². The average Bonchev–Trinajstić information content (AvgIpc) is 2.87. The minimum Gasteiger partial charge on any atom is -0.472 e. The van der Waals surface area contributed by atoms with Gasteiger partial charge in [0.25, 0.3) is 0 Å². The highest BCUT2D eigenvalue weighted by Gasteiger charge is 2.22. The van der Waals surface area contributed by atoms with E-state index in [2.05, 4.69) is 10.3 Å². The summed E-state index contributed by atoms with van der Waals surface area (Å²) in [6, 6.07) is 4.36. The molecule has 1 amide bonds. The number of aromatic amines is 1. The molecule has 112 valence electrons. The quantitative estimate of drug-likeness (QED) is 0.910. The van der Waals surface area contributed by atoms with Gasteiger partial charge in [-0.1, -0.05) is 0 Å². The van der Waals surface area contributed by atoms with Crippen LogP contribution in [0.2, 0.25) is 0 Å². The largest absolute Gasteiger partial charge is 0.472 e. The second-order valence-electron chi connectivity index (χ2n) is 5.62. The summed E-state index contributed by atoms with van der Waals surface area (Å²) in [7, 11) is 0. The molecule has 0 aliphatic heterocycles. The lowest BCUT2D eigenvalue weighted by atomic mass is 10.0. The average molecular weight is 290 g/mol. The molecular formula is C15H18N2O4. The van der Waals surface area contributed by atoms with Crippen molar-refractivity contribution in [1.82, 2.24) is 10.3 Å². The van der Waals surface area contributed by atoms with Crippen molar-refractivity contribution in [1.29, 1.82) is 0 Å². The summed E-state index contributed by atoms with van der Waals surface area (Å²) >= 11 is 0. The number of ether oxygens (including phenoxy) is 1. The zero-order chi connectivity index (χ0) is 15.5. The molecule has 0 saturated carbocycles. The number of alkyl carbamates (subject to hydrolysis) is 1. The van der Waals surface area contributed by atoms with Crippen LogP contribution in [0.5, 0.6) is 0 Å². The van der Waals surface area contributed by atoms with Gasteiger partial charge in [-0.15, -0.1) is 0 Å². The molecule has 2 heterocycles. The van der Waals surface area contributed by atoms with E-state index in [-0.39, 0.29) is 5.56 Å². The second kappa shape index (κ2) is 5.87. The smallest absolute Gasteiger partial charge is 0.408 e. The van der Waals surface area contributed by atoms with Crippen LogP contribution in [0, 0.1) is 0 Å². The summed E-state index contributed by atoms with van der Waals surface area (Å²) in [4.78, 5) is 26.0. The third-order valence-corrected chi connectivity index (χ3v) is 2.67. The SMILES string of the molecule is CC(C)(C)OC(=O)NC(c1ccoc1)c1cc[nH]c(=O)c1. The third kappa shape index (κ3) is 4.24. The third-order valence-electron chi connectivity index (χ3n) is 2.67. The molecular weight excluding hydrogens is 272 g/mol. The molecule has 1 unspecified atom stereocenters. The molecule has 6 nitrogen and oxygen atoms in total. The highest BCUT2D eigenvalue weighted by Crippen LogP contribution is 2.22. The first kappa shape index (κ1) is 14.9. The monoisotopic (exact) mass is 290 g/mol. The molecule has 0 aliphatic rings. The molecule has 6 heteroatoms. The number of carbonyl (C=O) groups excluding carboxylic acids is 1. The van der Waals surface area contributed by atoms with Crippen LogP contribution in [0.4, 0.5) is 4.79 Å². The van der Waals surface area contributed by atoms with E-state index in [1.165, 1.54) is 24.8 Å². The molecule has 0 saturated heterocycles. The Morgan fingerprint density at radius 1 is 1.33 bits per heavy atom. The van der Waals surface area contributed by atoms with Gasteiger partial charge in [-0.25, -0.2) is 4.79 Å². The van der Waals surface area contributed by atoms with Crippen LogP contribution in [-0.4, -0.2) is 16.7 Å². The maximum absolute atomic E-state index is 12.0. The Kier molecular flexibility index (Phi) is 4.16. The summed E-state index contributed by atoms with van der Waals surface area (Å²) < 4.78 is 10.3. The molecule has 2 aromatic heterocycles. The number of hydrogen-bond donors (Lipinski definition) is 2. The predicted molar refractivity (Wildman–Crippen MR) is 77.0 cm³/mol. The Morgan fingerprint density at radius 2 is 2.10 bits per heavy atom. The number of pyridine rings is 1. The van der Waals surface area contributed by atoms with E-state index in [0.29, 0.717) is 5.56 Å². The highest BCUT2D eigenvalue weighted by molar-refractivity contribution is 5.69. The van der Waals surface area contributed by atoms with Crippen molar-refractivity contribution in [3.8, 4) is 0 Å². The highest BCUT2D eigenvalue weighted by atomic mass is 16.6. The summed E-state index contributed by atoms with van der Waals surface area (Å²) in [5.41, 5.74) is 0.531. The van der Waals surface area contributed by atoms with Crippen molar-refractivity contribution in [2.45, 2.75) is 32.4 Å². The van der Waals surface area contributed by atoms with Gasteiger partial charge in [0.15, 0.2) is 0 Å². The molecule has 0 bridgehead atoms. The molecule has 0 spiro atoms. The van der Waals surface area contributed by atoms with Gasteiger partial charge < -0.3 is 19.5 Å². The number of aromatic nitrogens is 1. The van der Waals surface area contributed by atoms with Crippen LogP contribution in [0.1, 0.15) is 37.9 Å². The molecule has 0 aliphatic carbocycles. The lowest BCUT2D eigenvalue weighted by Gasteiger charge is -2.23. The first-order chi connectivity index (χ1) is 9.85. The van der Waals surface area contributed by atoms with E-state index in [1.54, 1.807) is 32.9 Å². The maximum atomic E-state index is 12.0. The van der Waals surface area contributed by atoms with Crippen LogP contribution in [-0.2, 0) is 4.74 Å². The van der Waals surface area contributed by atoms with Crippen LogP contribution in [0.3, 0.4) is 0 Å². The topological polar surface area (TPSA) is 84.3 Å². The van der Waals surface area contributed by atoms with Gasteiger partial charge in [0.1, 0.15) is 5.60 Å². The number of H-pyrrole nitrogens is 1. The number of hydrogen-bond acceptors (Lipinski definition) is 4. The van der Waals surface area contributed by atoms with Gasteiger partial charge in [-0.2, -0.15) is 0 Å². The van der Waals surface area contributed by atoms with Crippen molar-refractivity contribution in [3.63, 3.8) is 0 Å². The zero-order valence-corrected chi connectivity index (χ0v) is 12.2. The van der Waals surface area contributed by atoms with Crippen LogP contribution < -0.4 is 10.9 Å². The fourth-order valence-corrected chi connectivity index (χ4v) is 1.86. The predicted octanol–water partition coefficient (Wildman–Crippen LogP) is 2.58. The van der Waals surface area contributed by atoms with Crippen molar-refractivity contribution >= 4 is 6.09 Å². The van der Waals surface area contributed by atoms with Crippen molar-refractivity contribution in [2.24, 2.45) is 0 Å². The molecule has 21 heavy (non-hydrogen) atoms. The number of nitrogens with one attached hydrogen (secondary N) is 2. The Morgan fingerprint density at radius 3 is 2.67 bits per heavy atom. The molecule has 2 N–H and O–H groups in total. The summed E-state index contributed by atoms with van der Waals surface area (Å²) in [5.74, 6) is 0. The van der Waals surface area contributed by atoms with Crippen LogP contribution >= 0.6 is 0 Å². The van der Waals surface area contributed by atoms with E-state index >= 15 is 0 Å². The Labute approximate surface area is 122 Å². The number of rotatable bonds is 3. The molecule has 0 fully saturated rings. The minimum atomic E-state index is -0.598. The zero-order valence-electron chi connectivity index (χ0n) is 12.2. The fraction of sp³-hybridized carbons (Fsp3) is 0.333. The van der Waals surface area contributed by atoms with Gasteiger partial charge >= 0.3 is 6.09 Å². The van der Waals surface area contributed by atoms with Crippen LogP contribution in [0.25, 0.3) is 0 Å². The molecule has 1 atom stereocenters. The summed E-state index contributed by atoms with van der Waals surface area (Å²) in [6.45, 7) is 5.35. The van der Waals surface area contributed by atoms with Gasteiger partial charge in [-0.3, -0.25) is 4.79 Å². The van der Waals surface area contributed by atoms with E-state index < -0.39 is 17.7 Å². The fourth-order valence-electron chi connectivity index (χ4n) is 1.86. The molecule has 0 aromatic carbocycles. The lowest BCUT2D eigenvalue weighted by Crippen LogP contribution is -2.35. The Bertz CT molecular complexity index is 653. The van der Waals surface area contributed by atoms with Crippen molar-refractivity contribution < 1.29 is 13.9 Å². The second-order valence-corrected chi connectivity index (χ2v) is 5.62. The van der Waals surface area contributed by atoms with Crippen molar-refractivity contribution in [2.75, 3.05) is 0 Å². The molecule has 0 radical (unpaired) electrons. The van der Waals surface area contributed by atoms with E-state index in [1.807, 2.05) is 0 Å². The first-order valence-corrected chi connectivity index (χ1v) is 6.55. The number of amides is 1. The van der Waals surface area contributed by atoms with Gasteiger partial charge in [-0.05, 0) is 38.5 Å². The molecule has 2 rings (SSSR count). The lowest BCUT2D eigenvalue weighted by molar-refractivity contribution is 0.0512. The number of carbonyl (C=O) groups is 1. The summed E-state index contributed by atoms with van der Waals surface area (Å²) in [6.07, 6.45) is 3.99. The Balaban J connectivity index is 2.26. The van der Waals surface area contributed by atoms with Crippen molar-refractivity contribution in [3.05, 3.63) is 58.4 Å². The van der Waals surface area contributed by atoms with E-state index in [4.69, 9.17) is 9.15 Å². The van der Waals surface area contributed by atoms with Gasteiger partial charge in [0.2, 0.25) is 5.56 Å². The normalized spacial score (nSPS) is 12.7. The summed E-state index contributed by atoms with van der Waals surface area (Å²) in [5, 5.41) is 2.75. The minimum absolute atomic E-state index is 0.244. The van der Waals surface area contributed by atoms with E-state index in [9.17, 15) is 9.59 Å². The Hall–Kier alpha value is -2.50. The van der Waals surface area contributed by atoms with Gasteiger partial charge in [0.05, 0.1) is 18.6 Å². The van der Waals surface area contributed by atoms with Crippen LogP contribution in [0.15, 0.2) is 46.1 Å². The first-order valence-electron chi connectivity index (χ1n) is 6.55. The maximum Gasteiger partial charge on any atom is 0.408 e. The standard InChI is InChI=1S/C15H18N2O4/c1-15(2,3)21-14(19)17-13(11-5-7-20-9-11)10-4-6-16-12(18)8-10/h4-9,13H,1-3H3,(H,16,18)(H,17,19). The number of furan rings is 1. The molecule has 2 aromatic rings. The van der Waals surface area contributed by atoms with E-state index in [0.717, 1.165) is 5.56 Å².